The van der Waals surface area contributed by atoms with Crippen molar-refractivity contribution in [2.24, 2.45) is 0 Å². The Morgan fingerprint density at radius 2 is 1.71 bits per heavy atom. The zero-order chi connectivity index (χ0) is 19.4. The van der Waals surface area contributed by atoms with Crippen molar-refractivity contribution in [2.45, 2.75) is 12.5 Å². The summed E-state index contributed by atoms with van der Waals surface area (Å²) in [6.45, 7) is 0. The molecule has 0 radical (unpaired) electrons. The van der Waals surface area contributed by atoms with E-state index in [1.165, 1.54) is 6.33 Å². The zero-order valence-electron chi connectivity index (χ0n) is 15.1. The van der Waals surface area contributed by atoms with Crippen molar-refractivity contribution in [1.29, 1.82) is 0 Å². The molecule has 1 aliphatic heterocycles. The van der Waals surface area contributed by atoms with E-state index in [4.69, 9.17) is 4.74 Å². The molecule has 0 bridgehead atoms. The minimum Gasteiger partial charge on any atom is -0.455 e. The maximum absolute atomic E-state index is 11.6. The summed E-state index contributed by atoms with van der Waals surface area (Å²) in [6.07, 6.45) is 2.03. The fourth-order valence-corrected chi connectivity index (χ4v) is 4.71. The van der Waals surface area contributed by atoms with E-state index in [2.05, 4.69) is 20.6 Å². The van der Waals surface area contributed by atoms with Crippen LogP contribution in [0.5, 0.6) is 11.5 Å². The van der Waals surface area contributed by atoms with Crippen molar-refractivity contribution in [1.82, 2.24) is 9.97 Å². The Kier molecular flexibility index (Phi) is 5.12. The first-order valence-corrected chi connectivity index (χ1v) is 10.8. The van der Waals surface area contributed by atoms with Crippen molar-refractivity contribution < 1.29 is 13.2 Å². The van der Waals surface area contributed by atoms with Crippen LogP contribution in [0.4, 0.5) is 17.3 Å². The number of para-hydroxylation sites is 3. The summed E-state index contributed by atoms with van der Waals surface area (Å²) in [7, 11) is -2.95. The van der Waals surface area contributed by atoms with Crippen molar-refractivity contribution >= 4 is 27.2 Å². The largest absolute Gasteiger partial charge is 0.455 e. The van der Waals surface area contributed by atoms with Gasteiger partial charge in [0.2, 0.25) is 0 Å². The number of nitrogens with one attached hydrogen (secondary N) is 2. The standard InChI is InChI=1S/C20H20N4O3S/c25-28(26)11-10-15(13-28)23-19-12-20(22-14-21-19)24-17-8-4-5-9-18(17)27-16-6-2-1-3-7-16/h1-9,12,14-15H,10-11,13H2,(H2,21,22,23,24). The third-order valence-electron chi connectivity index (χ3n) is 4.37. The molecule has 2 heterocycles. The number of nitrogens with zero attached hydrogens (tertiary/aromatic N) is 2. The molecule has 2 aromatic carbocycles. The Bertz CT molecular complexity index is 1060. The minimum absolute atomic E-state index is 0.124. The highest BCUT2D eigenvalue weighted by Gasteiger charge is 2.27. The Morgan fingerprint density at radius 3 is 2.50 bits per heavy atom. The van der Waals surface area contributed by atoms with Crippen molar-refractivity contribution in [3.05, 3.63) is 67.0 Å². The van der Waals surface area contributed by atoms with E-state index < -0.39 is 9.84 Å². The summed E-state index contributed by atoms with van der Waals surface area (Å²) >= 11 is 0. The predicted molar refractivity (Wildman–Crippen MR) is 109 cm³/mol. The van der Waals surface area contributed by atoms with Crippen LogP contribution in [0.2, 0.25) is 0 Å². The average molecular weight is 396 g/mol. The fourth-order valence-electron chi connectivity index (χ4n) is 3.03. The molecular weight excluding hydrogens is 376 g/mol. The van der Waals surface area contributed by atoms with Crippen LogP contribution in [0, 0.1) is 0 Å². The summed E-state index contributed by atoms with van der Waals surface area (Å²) < 4.78 is 29.2. The van der Waals surface area contributed by atoms with Crippen LogP contribution >= 0.6 is 0 Å². The van der Waals surface area contributed by atoms with Gasteiger partial charge in [-0.1, -0.05) is 30.3 Å². The molecule has 8 heteroatoms. The molecule has 3 aromatic rings. The summed E-state index contributed by atoms with van der Waals surface area (Å²) in [4.78, 5) is 8.44. The number of aromatic nitrogens is 2. The third-order valence-corrected chi connectivity index (χ3v) is 6.14. The molecule has 28 heavy (non-hydrogen) atoms. The second kappa shape index (κ2) is 7.85. The molecule has 4 rings (SSSR count). The SMILES string of the molecule is O=S1(=O)CCC(Nc2cc(Nc3ccccc3Oc3ccccc3)ncn2)C1. The molecule has 0 spiro atoms. The Balaban J connectivity index is 1.49. The molecule has 7 nitrogen and oxygen atoms in total. The lowest BCUT2D eigenvalue weighted by atomic mass is 10.2. The topological polar surface area (TPSA) is 93.2 Å². The molecule has 1 unspecified atom stereocenters. The zero-order valence-corrected chi connectivity index (χ0v) is 15.9. The molecule has 1 aromatic heterocycles. The van der Waals surface area contributed by atoms with E-state index in [-0.39, 0.29) is 17.5 Å². The molecule has 1 fully saturated rings. The van der Waals surface area contributed by atoms with Crippen LogP contribution in [0.15, 0.2) is 67.0 Å². The normalized spacial score (nSPS) is 17.8. The van der Waals surface area contributed by atoms with E-state index in [9.17, 15) is 8.42 Å². The number of hydrogen-bond acceptors (Lipinski definition) is 7. The highest BCUT2D eigenvalue weighted by Crippen LogP contribution is 2.31. The number of rotatable bonds is 6. The van der Waals surface area contributed by atoms with Gasteiger partial charge in [0.15, 0.2) is 15.6 Å². The van der Waals surface area contributed by atoms with Gasteiger partial charge in [0.1, 0.15) is 23.7 Å². The van der Waals surface area contributed by atoms with Crippen LogP contribution < -0.4 is 15.4 Å². The lowest BCUT2D eigenvalue weighted by molar-refractivity contribution is 0.485. The monoisotopic (exact) mass is 396 g/mol. The lowest BCUT2D eigenvalue weighted by Crippen LogP contribution is -2.21. The average Bonchev–Trinajstić information content (AvgIpc) is 3.03. The first kappa shape index (κ1) is 18.2. The highest BCUT2D eigenvalue weighted by atomic mass is 32.2. The number of sulfone groups is 1. The molecule has 144 valence electrons. The molecule has 0 aliphatic carbocycles. The molecule has 0 amide bonds. The number of anilines is 3. The summed E-state index contributed by atoms with van der Waals surface area (Å²) in [6, 6.07) is 18.7. The molecule has 1 aliphatic rings. The van der Waals surface area contributed by atoms with Crippen LogP contribution in [-0.2, 0) is 9.84 Å². The second-order valence-corrected chi connectivity index (χ2v) is 8.80. The van der Waals surface area contributed by atoms with Gasteiger partial charge < -0.3 is 15.4 Å². The van der Waals surface area contributed by atoms with Crippen molar-refractivity contribution in [2.75, 3.05) is 22.1 Å². The van der Waals surface area contributed by atoms with Gasteiger partial charge in [-0.2, -0.15) is 0 Å². The van der Waals surface area contributed by atoms with Gasteiger partial charge in [0.05, 0.1) is 17.2 Å². The maximum Gasteiger partial charge on any atom is 0.152 e. The molecule has 1 saturated heterocycles. The molecule has 0 saturated carbocycles. The Morgan fingerprint density at radius 1 is 0.964 bits per heavy atom. The first-order chi connectivity index (χ1) is 13.6. The summed E-state index contributed by atoms with van der Waals surface area (Å²) in [5, 5.41) is 6.42. The van der Waals surface area contributed by atoms with Crippen LogP contribution in [0.1, 0.15) is 6.42 Å². The molecular formula is C20H20N4O3S. The smallest absolute Gasteiger partial charge is 0.152 e. The minimum atomic E-state index is -2.95. The second-order valence-electron chi connectivity index (χ2n) is 6.57. The third kappa shape index (κ3) is 4.58. The van der Waals surface area contributed by atoms with Crippen molar-refractivity contribution in [3.8, 4) is 11.5 Å². The van der Waals surface area contributed by atoms with E-state index in [1.54, 1.807) is 6.07 Å². The van der Waals surface area contributed by atoms with Gasteiger partial charge in [-0.3, -0.25) is 0 Å². The van der Waals surface area contributed by atoms with Crippen LogP contribution in [0.3, 0.4) is 0 Å². The molecule has 1 atom stereocenters. The summed E-state index contributed by atoms with van der Waals surface area (Å²) in [5.41, 5.74) is 0.763. The van der Waals surface area contributed by atoms with Crippen LogP contribution in [0.25, 0.3) is 0 Å². The first-order valence-electron chi connectivity index (χ1n) is 8.95. The van der Waals surface area contributed by atoms with Crippen molar-refractivity contribution in [3.63, 3.8) is 0 Å². The number of ether oxygens (including phenoxy) is 1. The lowest BCUT2D eigenvalue weighted by Gasteiger charge is -2.14. The maximum atomic E-state index is 11.6. The van der Waals surface area contributed by atoms with E-state index >= 15 is 0 Å². The van der Waals surface area contributed by atoms with Gasteiger partial charge in [-0.15, -0.1) is 0 Å². The summed E-state index contributed by atoms with van der Waals surface area (Å²) in [5.74, 6) is 2.93. The van der Waals surface area contributed by atoms with Gasteiger partial charge in [0.25, 0.3) is 0 Å². The predicted octanol–water partition coefficient (Wildman–Crippen LogP) is 3.61. The van der Waals surface area contributed by atoms with Crippen LogP contribution in [-0.4, -0.2) is 35.9 Å². The van der Waals surface area contributed by atoms with E-state index in [0.717, 1.165) is 11.4 Å². The van der Waals surface area contributed by atoms with Gasteiger partial charge >= 0.3 is 0 Å². The Labute approximate surface area is 163 Å². The Hall–Kier alpha value is -3.13. The van der Waals surface area contributed by atoms with Gasteiger partial charge in [0, 0.05) is 12.1 Å². The molecule has 2 N–H and O–H groups in total. The quantitative estimate of drug-likeness (QED) is 0.657. The van der Waals surface area contributed by atoms with Gasteiger partial charge in [-0.25, -0.2) is 18.4 Å². The van der Waals surface area contributed by atoms with Gasteiger partial charge in [-0.05, 0) is 30.7 Å². The highest BCUT2D eigenvalue weighted by molar-refractivity contribution is 7.91. The van der Waals surface area contributed by atoms with E-state index in [1.807, 2.05) is 54.6 Å². The fraction of sp³-hybridized carbons (Fsp3) is 0.200. The van der Waals surface area contributed by atoms with E-state index in [0.29, 0.717) is 23.8 Å². The number of benzene rings is 2. The number of hydrogen-bond donors (Lipinski definition) is 2.